The number of carbonyl (C=O) groups is 1. The Balaban J connectivity index is 1.53. The van der Waals surface area contributed by atoms with Gasteiger partial charge in [0.2, 0.25) is 0 Å². The molecule has 0 spiro atoms. The molecule has 2 heterocycles. The molecule has 0 unspecified atom stereocenters. The van der Waals surface area contributed by atoms with Gasteiger partial charge < -0.3 is 5.32 Å². The van der Waals surface area contributed by atoms with Crippen LogP contribution in [0.5, 0.6) is 0 Å². The number of nitrogens with zero attached hydrogens (tertiary/aromatic N) is 4. The van der Waals surface area contributed by atoms with Crippen molar-refractivity contribution in [1.29, 1.82) is 0 Å². The molecule has 2 aromatic heterocycles. The number of rotatable bonds is 5. The Labute approximate surface area is 134 Å². The van der Waals surface area contributed by atoms with Crippen LogP contribution in [0.15, 0.2) is 36.5 Å². The number of nitrogens with one attached hydrogen (secondary N) is 1. The Morgan fingerprint density at radius 1 is 1.26 bits per heavy atom. The third-order valence-corrected chi connectivity index (χ3v) is 3.85. The molecule has 0 saturated carbocycles. The third kappa shape index (κ3) is 3.36. The fraction of sp³-hybridized carbons (Fsp3) is 0.294. The molecule has 1 aromatic carbocycles. The van der Waals surface area contributed by atoms with Gasteiger partial charge in [-0.1, -0.05) is 17.3 Å². The first kappa shape index (κ1) is 15.1. The fourth-order valence-electron chi connectivity index (χ4n) is 2.38. The Bertz CT molecular complexity index is 840. The summed E-state index contributed by atoms with van der Waals surface area (Å²) in [6.45, 7) is 5.18. The van der Waals surface area contributed by atoms with Crippen LogP contribution in [0.1, 0.15) is 28.0 Å². The summed E-state index contributed by atoms with van der Waals surface area (Å²) in [6, 6.07) is 9.71. The van der Waals surface area contributed by atoms with Crippen molar-refractivity contribution in [3.05, 3.63) is 53.3 Å². The topological polar surface area (TPSA) is 72.7 Å². The lowest BCUT2D eigenvalue weighted by Gasteiger charge is -2.07. The van der Waals surface area contributed by atoms with Gasteiger partial charge in [0.25, 0.3) is 5.91 Å². The molecule has 3 aromatic rings. The quantitative estimate of drug-likeness (QED) is 0.734. The van der Waals surface area contributed by atoms with Gasteiger partial charge in [0.15, 0.2) is 0 Å². The Kier molecular flexibility index (Phi) is 4.32. The van der Waals surface area contributed by atoms with E-state index < -0.39 is 0 Å². The zero-order valence-electron chi connectivity index (χ0n) is 13.3. The monoisotopic (exact) mass is 309 g/mol. The molecule has 0 saturated heterocycles. The summed E-state index contributed by atoms with van der Waals surface area (Å²) in [5.74, 6) is -0.0935. The van der Waals surface area contributed by atoms with Crippen molar-refractivity contribution in [2.45, 2.75) is 26.8 Å². The van der Waals surface area contributed by atoms with Crippen molar-refractivity contribution in [3.8, 4) is 0 Å². The van der Waals surface area contributed by atoms with Gasteiger partial charge in [-0.05, 0) is 44.0 Å². The molecule has 0 atom stereocenters. The predicted octanol–water partition coefficient (Wildman–Crippen LogP) is 2.26. The molecule has 0 fully saturated rings. The number of aryl methyl sites for hydroxylation is 3. The van der Waals surface area contributed by atoms with Crippen molar-refractivity contribution in [3.63, 3.8) is 0 Å². The van der Waals surface area contributed by atoms with E-state index in [1.807, 2.05) is 48.9 Å². The maximum Gasteiger partial charge on any atom is 0.252 e. The SMILES string of the molecule is Cc1cc(C(=O)NCCCn2nnc3ccccc32)cnc1C. The largest absolute Gasteiger partial charge is 0.352 e. The molecule has 0 aliphatic carbocycles. The summed E-state index contributed by atoms with van der Waals surface area (Å²) < 4.78 is 1.86. The van der Waals surface area contributed by atoms with Crippen molar-refractivity contribution in [1.82, 2.24) is 25.3 Å². The number of hydrogen-bond donors (Lipinski definition) is 1. The molecule has 0 radical (unpaired) electrons. The molecule has 3 rings (SSSR count). The molecule has 118 valence electrons. The second-order valence-electron chi connectivity index (χ2n) is 5.54. The van der Waals surface area contributed by atoms with Crippen LogP contribution in [-0.2, 0) is 6.54 Å². The molecule has 0 bridgehead atoms. The summed E-state index contributed by atoms with van der Waals surface area (Å²) in [5, 5.41) is 11.2. The van der Waals surface area contributed by atoms with Crippen LogP contribution >= 0.6 is 0 Å². The highest BCUT2D eigenvalue weighted by Crippen LogP contribution is 2.10. The predicted molar refractivity (Wildman–Crippen MR) is 88.2 cm³/mol. The first-order valence-electron chi connectivity index (χ1n) is 7.65. The summed E-state index contributed by atoms with van der Waals surface area (Å²) in [7, 11) is 0. The Morgan fingerprint density at radius 3 is 2.91 bits per heavy atom. The number of hydrogen-bond acceptors (Lipinski definition) is 4. The van der Waals surface area contributed by atoms with Crippen LogP contribution in [0.4, 0.5) is 0 Å². The van der Waals surface area contributed by atoms with E-state index in [-0.39, 0.29) is 5.91 Å². The second kappa shape index (κ2) is 6.56. The van der Waals surface area contributed by atoms with E-state index in [9.17, 15) is 4.79 Å². The van der Waals surface area contributed by atoms with Crippen LogP contribution < -0.4 is 5.32 Å². The smallest absolute Gasteiger partial charge is 0.252 e. The number of amides is 1. The van der Waals surface area contributed by atoms with Crippen molar-refractivity contribution in [2.75, 3.05) is 6.54 Å². The average molecular weight is 309 g/mol. The van der Waals surface area contributed by atoms with Gasteiger partial charge in [-0.15, -0.1) is 5.10 Å². The minimum Gasteiger partial charge on any atom is -0.352 e. The molecule has 23 heavy (non-hydrogen) atoms. The number of benzene rings is 1. The van der Waals surface area contributed by atoms with Crippen LogP contribution in [0.2, 0.25) is 0 Å². The third-order valence-electron chi connectivity index (χ3n) is 3.85. The molecule has 6 heteroatoms. The van der Waals surface area contributed by atoms with Crippen LogP contribution in [0.3, 0.4) is 0 Å². The number of aromatic nitrogens is 4. The molecular weight excluding hydrogens is 290 g/mol. The number of pyridine rings is 1. The normalized spacial score (nSPS) is 10.9. The van der Waals surface area contributed by atoms with Gasteiger partial charge in [-0.3, -0.25) is 9.78 Å². The lowest BCUT2D eigenvalue weighted by Crippen LogP contribution is -2.25. The Hall–Kier alpha value is -2.76. The van der Waals surface area contributed by atoms with Crippen LogP contribution in [0, 0.1) is 13.8 Å². The zero-order chi connectivity index (χ0) is 16.2. The van der Waals surface area contributed by atoms with Crippen molar-refractivity contribution < 1.29 is 4.79 Å². The lowest BCUT2D eigenvalue weighted by molar-refractivity contribution is 0.0952. The zero-order valence-corrected chi connectivity index (χ0v) is 13.3. The number of fused-ring (bicyclic) bond motifs is 1. The van der Waals surface area contributed by atoms with E-state index in [0.717, 1.165) is 28.7 Å². The summed E-state index contributed by atoms with van der Waals surface area (Å²) in [6.07, 6.45) is 2.40. The molecular formula is C17H19N5O. The first-order chi connectivity index (χ1) is 11.1. The van der Waals surface area contributed by atoms with Gasteiger partial charge in [0, 0.05) is 25.0 Å². The molecule has 0 aliphatic rings. The highest BCUT2D eigenvalue weighted by Gasteiger charge is 2.07. The average Bonchev–Trinajstić information content (AvgIpc) is 2.97. The summed E-state index contributed by atoms with van der Waals surface area (Å²) in [5.41, 5.74) is 4.46. The molecule has 1 N–H and O–H groups in total. The van der Waals surface area contributed by atoms with Gasteiger partial charge in [0.1, 0.15) is 5.52 Å². The van der Waals surface area contributed by atoms with E-state index in [4.69, 9.17) is 0 Å². The van der Waals surface area contributed by atoms with Crippen molar-refractivity contribution in [2.24, 2.45) is 0 Å². The minimum absolute atomic E-state index is 0.0935. The number of para-hydroxylation sites is 1. The second-order valence-corrected chi connectivity index (χ2v) is 5.54. The summed E-state index contributed by atoms with van der Waals surface area (Å²) >= 11 is 0. The highest BCUT2D eigenvalue weighted by atomic mass is 16.1. The molecule has 6 nitrogen and oxygen atoms in total. The van der Waals surface area contributed by atoms with E-state index in [0.29, 0.717) is 18.7 Å². The van der Waals surface area contributed by atoms with E-state index >= 15 is 0 Å². The maximum atomic E-state index is 12.1. The van der Waals surface area contributed by atoms with Crippen molar-refractivity contribution >= 4 is 16.9 Å². The van der Waals surface area contributed by atoms with Gasteiger partial charge in [-0.2, -0.15) is 0 Å². The molecule has 0 aliphatic heterocycles. The summed E-state index contributed by atoms with van der Waals surface area (Å²) in [4.78, 5) is 16.3. The minimum atomic E-state index is -0.0935. The van der Waals surface area contributed by atoms with E-state index in [1.54, 1.807) is 6.20 Å². The highest BCUT2D eigenvalue weighted by molar-refractivity contribution is 5.94. The van der Waals surface area contributed by atoms with E-state index in [2.05, 4.69) is 20.6 Å². The lowest BCUT2D eigenvalue weighted by atomic mass is 10.1. The first-order valence-corrected chi connectivity index (χ1v) is 7.65. The maximum absolute atomic E-state index is 12.1. The van der Waals surface area contributed by atoms with E-state index in [1.165, 1.54) is 0 Å². The van der Waals surface area contributed by atoms with Gasteiger partial charge >= 0.3 is 0 Å². The Morgan fingerprint density at radius 2 is 2.09 bits per heavy atom. The standard InChI is InChI=1S/C17H19N5O/c1-12-10-14(11-19-13(12)2)17(23)18-8-5-9-22-16-7-4-3-6-15(16)20-21-22/h3-4,6-7,10-11H,5,8-9H2,1-2H3,(H,18,23). The van der Waals surface area contributed by atoms with Crippen LogP contribution in [0.25, 0.3) is 11.0 Å². The van der Waals surface area contributed by atoms with Gasteiger partial charge in [-0.25, -0.2) is 4.68 Å². The number of carbonyl (C=O) groups excluding carboxylic acids is 1. The van der Waals surface area contributed by atoms with Crippen LogP contribution in [-0.4, -0.2) is 32.4 Å². The molecule has 1 amide bonds. The van der Waals surface area contributed by atoms with Gasteiger partial charge in [0.05, 0.1) is 11.1 Å². The fourth-order valence-corrected chi connectivity index (χ4v) is 2.38.